The van der Waals surface area contributed by atoms with Crippen LogP contribution in [0, 0.1) is 0 Å². The van der Waals surface area contributed by atoms with E-state index < -0.39 is 36.4 Å². The first-order valence-corrected chi connectivity index (χ1v) is 10.1. The molecule has 0 radical (unpaired) electrons. The van der Waals surface area contributed by atoms with Gasteiger partial charge in [-0.2, -0.15) is 0 Å². The van der Waals surface area contributed by atoms with Gasteiger partial charge in [-0.25, -0.2) is 9.59 Å². The molecule has 1 fully saturated rings. The van der Waals surface area contributed by atoms with E-state index in [-0.39, 0.29) is 13.2 Å². The van der Waals surface area contributed by atoms with E-state index >= 15 is 0 Å². The number of amides is 1. The summed E-state index contributed by atoms with van der Waals surface area (Å²) in [5.74, 6) is -0.716. The number of hydrogen-bond donors (Lipinski definition) is 2. The minimum absolute atomic E-state index is 0.116. The number of esters is 1. The van der Waals surface area contributed by atoms with Crippen LogP contribution in [-0.2, 0) is 37.0 Å². The second-order valence-electron chi connectivity index (χ2n) is 7.28. The summed E-state index contributed by atoms with van der Waals surface area (Å²) in [5.41, 5.74) is 1.95. The number of hydrogen-bond acceptors (Lipinski definition) is 6. The Hall–Kier alpha value is -2.94. The van der Waals surface area contributed by atoms with Crippen molar-refractivity contribution in [1.29, 1.82) is 0 Å². The lowest BCUT2D eigenvalue weighted by atomic mass is 10.1. The summed E-state index contributed by atoms with van der Waals surface area (Å²) >= 11 is 0. The van der Waals surface area contributed by atoms with Crippen molar-refractivity contribution in [1.82, 2.24) is 5.32 Å². The van der Waals surface area contributed by atoms with Gasteiger partial charge >= 0.3 is 12.1 Å². The maximum absolute atomic E-state index is 12.4. The molecule has 0 aliphatic carbocycles. The van der Waals surface area contributed by atoms with Crippen LogP contribution in [0.25, 0.3) is 0 Å². The maximum atomic E-state index is 12.4. The summed E-state index contributed by atoms with van der Waals surface area (Å²) in [6.45, 7) is 2.29. The third-order valence-corrected chi connectivity index (χ3v) is 4.87. The number of benzene rings is 2. The van der Waals surface area contributed by atoms with Crippen LogP contribution in [0.3, 0.4) is 0 Å². The third kappa shape index (κ3) is 7.06. The minimum Gasteiger partial charge on any atom is -0.465 e. The highest BCUT2D eigenvalue weighted by atomic mass is 16.6. The standard InChI is InChI=1S/C23H27NO7/c1-16-21(30-13-18-10-6-3-7-11-18)20(29-12-17-8-4-2-5-9-17)15-28-14-19(22(25)31-16)24-23(26)27/h2-11,16,19-21,24H,12-15H2,1H3,(H,26,27)/t16-,19+,20+,21+/m1/s1. The van der Waals surface area contributed by atoms with Gasteiger partial charge < -0.3 is 29.4 Å². The molecule has 3 rings (SSSR count). The van der Waals surface area contributed by atoms with Gasteiger partial charge in [-0.15, -0.1) is 0 Å². The van der Waals surface area contributed by atoms with Crippen LogP contribution < -0.4 is 5.32 Å². The molecule has 4 atom stereocenters. The second kappa shape index (κ2) is 11.5. The molecule has 0 spiro atoms. The lowest BCUT2D eigenvalue weighted by Gasteiger charge is -2.30. The Bertz CT molecular complexity index is 830. The number of carboxylic acid groups (broad SMARTS) is 1. The van der Waals surface area contributed by atoms with Gasteiger partial charge in [-0.1, -0.05) is 60.7 Å². The fourth-order valence-corrected chi connectivity index (χ4v) is 3.28. The Morgan fingerprint density at radius 3 is 2.16 bits per heavy atom. The van der Waals surface area contributed by atoms with Gasteiger partial charge in [0.1, 0.15) is 18.3 Å². The smallest absolute Gasteiger partial charge is 0.405 e. The fourth-order valence-electron chi connectivity index (χ4n) is 3.28. The highest BCUT2D eigenvalue weighted by Crippen LogP contribution is 2.19. The Balaban J connectivity index is 1.75. The first-order valence-electron chi connectivity index (χ1n) is 10.1. The Labute approximate surface area is 181 Å². The van der Waals surface area contributed by atoms with Crippen molar-refractivity contribution in [3.05, 3.63) is 71.8 Å². The highest BCUT2D eigenvalue weighted by molar-refractivity contribution is 5.81. The van der Waals surface area contributed by atoms with Crippen LogP contribution in [0.15, 0.2) is 60.7 Å². The Kier molecular flexibility index (Phi) is 8.40. The minimum atomic E-state index is -1.33. The quantitative estimate of drug-likeness (QED) is 0.653. The monoisotopic (exact) mass is 429 g/mol. The molecule has 1 aliphatic rings. The fraction of sp³-hybridized carbons (Fsp3) is 0.391. The molecule has 0 unspecified atom stereocenters. The van der Waals surface area contributed by atoms with E-state index in [1.807, 2.05) is 60.7 Å². The van der Waals surface area contributed by atoms with Crippen molar-refractivity contribution in [3.63, 3.8) is 0 Å². The molecule has 166 valence electrons. The third-order valence-electron chi connectivity index (χ3n) is 4.87. The number of ether oxygens (including phenoxy) is 4. The van der Waals surface area contributed by atoms with Crippen molar-refractivity contribution >= 4 is 12.1 Å². The number of carbonyl (C=O) groups is 2. The van der Waals surface area contributed by atoms with Crippen LogP contribution >= 0.6 is 0 Å². The molecule has 0 saturated carbocycles. The van der Waals surface area contributed by atoms with Crippen molar-refractivity contribution < 1.29 is 33.6 Å². The van der Waals surface area contributed by atoms with Gasteiger partial charge in [0.15, 0.2) is 6.04 Å². The zero-order chi connectivity index (χ0) is 22.1. The number of nitrogens with one attached hydrogen (secondary N) is 1. The average molecular weight is 429 g/mol. The van der Waals surface area contributed by atoms with Crippen molar-refractivity contribution in [2.75, 3.05) is 13.2 Å². The molecule has 0 bridgehead atoms. The zero-order valence-corrected chi connectivity index (χ0v) is 17.3. The second-order valence-corrected chi connectivity index (χ2v) is 7.28. The predicted octanol–water partition coefficient (Wildman–Crippen LogP) is 2.76. The van der Waals surface area contributed by atoms with Crippen LogP contribution in [0.4, 0.5) is 4.79 Å². The number of rotatable bonds is 7. The van der Waals surface area contributed by atoms with E-state index in [2.05, 4.69) is 5.32 Å². The molecule has 1 amide bonds. The molecule has 8 nitrogen and oxygen atoms in total. The molecule has 1 aliphatic heterocycles. The van der Waals surface area contributed by atoms with E-state index in [0.717, 1.165) is 11.1 Å². The lowest BCUT2D eigenvalue weighted by molar-refractivity contribution is -0.170. The summed E-state index contributed by atoms with van der Waals surface area (Å²) in [7, 11) is 0. The number of cyclic esters (lactones) is 1. The molecule has 31 heavy (non-hydrogen) atoms. The maximum Gasteiger partial charge on any atom is 0.405 e. The highest BCUT2D eigenvalue weighted by Gasteiger charge is 2.36. The van der Waals surface area contributed by atoms with Crippen molar-refractivity contribution in [2.24, 2.45) is 0 Å². The SMILES string of the molecule is C[C@H]1OC(=O)[C@@H](NC(=O)O)COC[C@H](OCc2ccccc2)[C@H]1OCc1ccccc1. The Morgan fingerprint density at radius 1 is 1.00 bits per heavy atom. The molecule has 2 aromatic carbocycles. The predicted molar refractivity (Wildman–Crippen MR) is 111 cm³/mol. The van der Waals surface area contributed by atoms with E-state index in [1.54, 1.807) is 6.92 Å². The molecular weight excluding hydrogens is 402 g/mol. The molecule has 0 aromatic heterocycles. The molecule has 2 N–H and O–H groups in total. The summed E-state index contributed by atoms with van der Waals surface area (Å²) in [6.07, 6.45) is -3.16. The summed E-state index contributed by atoms with van der Waals surface area (Å²) < 4.78 is 23.4. The summed E-state index contributed by atoms with van der Waals surface area (Å²) in [4.78, 5) is 23.4. The van der Waals surface area contributed by atoms with Gasteiger partial charge in [0.25, 0.3) is 0 Å². The number of carbonyl (C=O) groups excluding carboxylic acids is 1. The molecule has 8 heteroatoms. The lowest BCUT2D eigenvalue weighted by Crippen LogP contribution is -2.46. The van der Waals surface area contributed by atoms with Crippen LogP contribution in [0.2, 0.25) is 0 Å². The first-order chi connectivity index (χ1) is 15.0. The van der Waals surface area contributed by atoms with Gasteiger partial charge in [0.2, 0.25) is 0 Å². The van der Waals surface area contributed by atoms with Crippen molar-refractivity contribution in [3.8, 4) is 0 Å². The molecule has 1 heterocycles. The molecule has 1 saturated heterocycles. The Morgan fingerprint density at radius 2 is 1.58 bits per heavy atom. The van der Waals surface area contributed by atoms with Crippen LogP contribution in [0.1, 0.15) is 18.1 Å². The topological polar surface area (TPSA) is 103 Å². The van der Waals surface area contributed by atoms with E-state index in [9.17, 15) is 9.59 Å². The van der Waals surface area contributed by atoms with Gasteiger partial charge in [-0.05, 0) is 18.1 Å². The van der Waals surface area contributed by atoms with Crippen molar-refractivity contribution in [2.45, 2.75) is 44.5 Å². The van der Waals surface area contributed by atoms with Crippen LogP contribution in [0.5, 0.6) is 0 Å². The van der Waals surface area contributed by atoms with Crippen LogP contribution in [-0.4, -0.2) is 54.7 Å². The normalized spacial score (nSPS) is 24.4. The zero-order valence-electron chi connectivity index (χ0n) is 17.3. The average Bonchev–Trinajstić information content (AvgIpc) is 2.81. The van der Waals surface area contributed by atoms with Gasteiger partial charge in [0.05, 0.1) is 26.4 Å². The van der Waals surface area contributed by atoms with E-state index in [1.165, 1.54) is 0 Å². The summed E-state index contributed by atoms with van der Waals surface area (Å²) in [6, 6.07) is 18.2. The van der Waals surface area contributed by atoms with Gasteiger partial charge in [-0.3, -0.25) is 0 Å². The van der Waals surface area contributed by atoms with E-state index in [0.29, 0.717) is 13.2 Å². The van der Waals surface area contributed by atoms with E-state index in [4.69, 9.17) is 24.1 Å². The van der Waals surface area contributed by atoms with Gasteiger partial charge in [0, 0.05) is 0 Å². The summed E-state index contributed by atoms with van der Waals surface area (Å²) in [5, 5.41) is 11.1. The largest absolute Gasteiger partial charge is 0.465 e. The molecule has 2 aromatic rings. The molecular formula is C23H27NO7. The first kappa shape index (κ1) is 22.7.